The van der Waals surface area contributed by atoms with Crippen molar-refractivity contribution in [1.82, 2.24) is 0 Å². The Balaban J connectivity index is 4.11. The van der Waals surface area contributed by atoms with Gasteiger partial charge in [-0.3, -0.25) is 0 Å². The highest BCUT2D eigenvalue weighted by Gasteiger charge is 2.22. The minimum Gasteiger partial charge on any atom is -0.389 e. The van der Waals surface area contributed by atoms with Gasteiger partial charge >= 0.3 is 0 Å². The van der Waals surface area contributed by atoms with Crippen molar-refractivity contribution in [2.45, 2.75) is 77.6 Å². The third-order valence-electron chi connectivity index (χ3n) is 3.89. The number of hydrogen-bond acceptors (Lipinski definition) is 1. The van der Waals surface area contributed by atoms with E-state index in [9.17, 15) is 5.11 Å². The molecule has 0 bridgehead atoms. The van der Waals surface area contributed by atoms with Crippen LogP contribution in [0.15, 0.2) is 11.8 Å². The monoisotopic (exact) mass is 242 g/mol. The van der Waals surface area contributed by atoms with Crippen molar-refractivity contribution in [2.75, 3.05) is 0 Å². The molecule has 16 heavy (non-hydrogen) atoms. The standard InChI is InChI=1S/C14H30OSi/c1-5-9-10-11-14(15)12-13-16(6-2,7-3)8-4/h12-15H,5-11H2,1-4H3/b13-12+. The van der Waals surface area contributed by atoms with E-state index in [0.717, 1.165) is 12.8 Å². The van der Waals surface area contributed by atoms with Gasteiger partial charge in [-0.2, -0.15) is 0 Å². The summed E-state index contributed by atoms with van der Waals surface area (Å²) in [5.74, 6) is 0. The lowest BCUT2D eigenvalue weighted by atomic mass is 10.1. The Labute approximate surface area is 103 Å². The summed E-state index contributed by atoms with van der Waals surface area (Å²) in [6, 6.07) is 3.91. The van der Waals surface area contributed by atoms with Gasteiger partial charge in [-0.25, -0.2) is 0 Å². The van der Waals surface area contributed by atoms with Gasteiger partial charge in [-0.1, -0.05) is 76.9 Å². The van der Waals surface area contributed by atoms with Gasteiger partial charge in [0.15, 0.2) is 0 Å². The van der Waals surface area contributed by atoms with Gasteiger partial charge in [0.05, 0.1) is 14.2 Å². The number of hydrogen-bond donors (Lipinski definition) is 1. The summed E-state index contributed by atoms with van der Waals surface area (Å²) < 4.78 is 0. The van der Waals surface area contributed by atoms with Crippen LogP contribution in [0.25, 0.3) is 0 Å². The van der Waals surface area contributed by atoms with Crippen LogP contribution in [0.4, 0.5) is 0 Å². The lowest BCUT2D eigenvalue weighted by Crippen LogP contribution is -2.29. The molecule has 0 saturated carbocycles. The lowest BCUT2D eigenvalue weighted by Gasteiger charge is -2.24. The summed E-state index contributed by atoms with van der Waals surface area (Å²) in [6.45, 7) is 9.10. The molecule has 96 valence electrons. The summed E-state index contributed by atoms with van der Waals surface area (Å²) in [5, 5.41) is 9.86. The van der Waals surface area contributed by atoms with Gasteiger partial charge in [-0.15, -0.1) is 0 Å². The van der Waals surface area contributed by atoms with Gasteiger partial charge in [0.25, 0.3) is 0 Å². The summed E-state index contributed by atoms with van der Waals surface area (Å²) >= 11 is 0. The van der Waals surface area contributed by atoms with Gasteiger partial charge < -0.3 is 5.11 Å². The van der Waals surface area contributed by atoms with Crippen molar-refractivity contribution < 1.29 is 5.11 Å². The van der Waals surface area contributed by atoms with Crippen molar-refractivity contribution in [3.63, 3.8) is 0 Å². The second kappa shape index (κ2) is 9.00. The third-order valence-corrected chi connectivity index (χ3v) is 9.01. The highest BCUT2D eigenvalue weighted by atomic mass is 28.3. The number of unbranched alkanes of at least 4 members (excludes halogenated alkanes) is 2. The molecule has 0 aromatic carbocycles. The molecule has 0 spiro atoms. The summed E-state index contributed by atoms with van der Waals surface area (Å²) in [5.41, 5.74) is 2.39. The Morgan fingerprint density at radius 3 is 2.00 bits per heavy atom. The fourth-order valence-corrected chi connectivity index (χ4v) is 4.96. The Kier molecular flexibility index (Phi) is 8.95. The highest BCUT2D eigenvalue weighted by molar-refractivity contribution is 6.84. The Morgan fingerprint density at radius 2 is 1.56 bits per heavy atom. The molecule has 0 aliphatic rings. The van der Waals surface area contributed by atoms with Crippen LogP contribution in [0, 0.1) is 0 Å². The molecular weight excluding hydrogens is 212 g/mol. The molecule has 0 rings (SSSR count). The molecule has 1 unspecified atom stereocenters. The number of rotatable bonds is 9. The van der Waals surface area contributed by atoms with Crippen molar-refractivity contribution >= 4 is 8.07 Å². The Hall–Kier alpha value is -0.0831. The average molecular weight is 242 g/mol. The fourth-order valence-electron chi connectivity index (χ4n) is 2.12. The molecular formula is C14H30OSi. The van der Waals surface area contributed by atoms with Gasteiger partial charge in [0, 0.05) is 0 Å². The highest BCUT2D eigenvalue weighted by Crippen LogP contribution is 2.22. The van der Waals surface area contributed by atoms with Crippen molar-refractivity contribution in [3.05, 3.63) is 11.8 Å². The van der Waals surface area contributed by atoms with Crippen LogP contribution < -0.4 is 0 Å². The van der Waals surface area contributed by atoms with Crippen LogP contribution in [0.2, 0.25) is 18.1 Å². The zero-order valence-corrected chi connectivity index (χ0v) is 12.6. The molecule has 0 amide bonds. The zero-order valence-electron chi connectivity index (χ0n) is 11.6. The first-order chi connectivity index (χ1) is 7.64. The van der Waals surface area contributed by atoms with E-state index in [0.29, 0.717) is 0 Å². The molecule has 0 aliphatic carbocycles. The summed E-state index contributed by atoms with van der Waals surface area (Å²) in [7, 11) is -1.17. The molecule has 0 fully saturated rings. The van der Waals surface area contributed by atoms with Crippen LogP contribution in [0.5, 0.6) is 0 Å². The third kappa shape index (κ3) is 5.85. The van der Waals surface area contributed by atoms with Gasteiger partial charge in [0.1, 0.15) is 0 Å². The van der Waals surface area contributed by atoms with E-state index >= 15 is 0 Å². The Bertz CT molecular complexity index is 177. The van der Waals surface area contributed by atoms with E-state index in [1.165, 1.54) is 31.0 Å². The molecule has 0 aromatic rings. The van der Waals surface area contributed by atoms with Crippen LogP contribution in [-0.4, -0.2) is 19.3 Å². The maximum absolute atomic E-state index is 9.86. The van der Waals surface area contributed by atoms with E-state index in [4.69, 9.17) is 0 Å². The van der Waals surface area contributed by atoms with Gasteiger partial charge in [-0.05, 0) is 6.42 Å². The topological polar surface area (TPSA) is 20.2 Å². The van der Waals surface area contributed by atoms with Crippen LogP contribution in [-0.2, 0) is 0 Å². The van der Waals surface area contributed by atoms with E-state index in [-0.39, 0.29) is 6.10 Å². The number of aliphatic hydroxyl groups is 1. The quantitative estimate of drug-likeness (QED) is 0.465. The van der Waals surface area contributed by atoms with E-state index in [2.05, 4.69) is 39.5 Å². The second-order valence-electron chi connectivity index (χ2n) is 4.85. The molecule has 0 heterocycles. The molecule has 1 atom stereocenters. The normalized spacial score (nSPS) is 14.6. The molecule has 1 nitrogen and oxygen atoms in total. The molecule has 0 radical (unpaired) electrons. The van der Waals surface area contributed by atoms with Crippen LogP contribution >= 0.6 is 0 Å². The first-order valence-corrected chi connectivity index (χ1v) is 9.71. The van der Waals surface area contributed by atoms with Gasteiger partial charge in [0.2, 0.25) is 0 Å². The predicted molar refractivity (Wildman–Crippen MR) is 76.5 cm³/mol. The van der Waals surface area contributed by atoms with Crippen LogP contribution in [0.1, 0.15) is 53.4 Å². The van der Waals surface area contributed by atoms with Crippen LogP contribution in [0.3, 0.4) is 0 Å². The van der Waals surface area contributed by atoms with E-state index in [1.807, 2.05) is 0 Å². The zero-order chi connectivity index (χ0) is 12.4. The van der Waals surface area contributed by atoms with Crippen molar-refractivity contribution in [2.24, 2.45) is 0 Å². The largest absolute Gasteiger partial charge is 0.389 e. The molecule has 0 aromatic heterocycles. The molecule has 2 heteroatoms. The summed E-state index contributed by atoms with van der Waals surface area (Å²) in [6.07, 6.45) is 6.44. The van der Waals surface area contributed by atoms with Crippen molar-refractivity contribution in [3.8, 4) is 0 Å². The minimum absolute atomic E-state index is 0.205. The maximum atomic E-state index is 9.86. The molecule has 0 saturated heterocycles. The average Bonchev–Trinajstić information content (AvgIpc) is 2.32. The Morgan fingerprint density at radius 1 is 1.00 bits per heavy atom. The first kappa shape index (κ1) is 15.9. The summed E-state index contributed by atoms with van der Waals surface area (Å²) in [4.78, 5) is 0. The minimum atomic E-state index is -1.17. The smallest absolute Gasteiger partial charge is 0.0767 e. The predicted octanol–water partition coefficient (Wildman–Crippen LogP) is 4.53. The number of aliphatic hydroxyl groups excluding tert-OH is 1. The second-order valence-corrected chi connectivity index (χ2v) is 10.0. The molecule has 0 aliphatic heterocycles. The molecule has 1 N–H and O–H groups in total. The van der Waals surface area contributed by atoms with Crippen molar-refractivity contribution in [1.29, 1.82) is 0 Å². The van der Waals surface area contributed by atoms with E-state index in [1.54, 1.807) is 0 Å². The fraction of sp³-hybridized carbons (Fsp3) is 0.857. The first-order valence-electron chi connectivity index (χ1n) is 7.01. The van der Waals surface area contributed by atoms with E-state index < -0.39 is 8.07 Å². The SMILES string of the molecule is CCCCCC(O)/C=C/[Si](CC)(CC)CC. The maximum Gasteiger partial charge on any atom is 0.0767 e. The lowest BCUT2D eigenvalue weighted by molar-refractivity contribution is 0.208.